The maximum Gasteiger partial charge on any atom is 0.274 e. The second-order valence-electron chi connectivity index (χ2n) is 6.10. The Kier molecular flexibility index (Phi) is 6.23. The highest BCUT2D eigenvalue weighted by molar-refractivity contribution is 6.04. The Hall–Kier alpha value is -3.68. The van der Waals surface area contributed by atoms with Gasteiger partial charge in [-0.1, -0.05) is 30.3 Å². The number of anilines is 1. The van der Waals surface area contributed by atoms with Crippen molar-refractivity contribution in [3.8, 4) is 0 Å². The fourth-order valence-corrected chi connectivity index (χ4v) is 2.57. The molecule has 0 unspecified atom stereocenters. The molecule has 0 saturated heterocycles. The first kappa shape index (κ1) is 20.1. The summed E-state index contributed by atoms with van der Waals surface area (Å²) in [6.07, 6.45) is 1.89. The van der Waals surface area contributed by atoms with Crippen LogP contribution in [0.2, 0.25) is 0 Å². The van der Waals surface area contributed by atoms with E-state index in [4.69, 9.17) is 0 Å². The highest BCUT2D eigenvalue weighted by Gasteiger charge is 2.17. The van der Waals surface area contributed by atoms with Gasteiger partial charge in [0.05, 0.1) is 5.69 Å². The Morgan fingerprint density at radius 1 is 0.897 bits per heavy atom. The molecular formula is C21H16F3N3O2. The van der Waals surface area contributed by atoms with Crippen molar-refractivity contribution in [2.24, 2.45) is 0 Å². The van der Waals surface area contributed by atoms with E-state index in [-0.39, 0.29) is 11.3 Å². The molecule has 0 aliphatic heterocycles. The van der Waals surface area contributed by atoms with Crippen LogP contribution in [0.1, 0.15) is 26.4 Å². The zero-order chi connectivity index (χ0) is 20.8. The molecule has 2 aromatic carbocycles. The van der Waals surface area contributed by atoms with E-state index in [1.165, 1.54) is 18.3 Å². The summed E-state index contributed by atoms with van der Waals surface area (Å²) in [5.74, 6) is -5.85. The number of amides is 2. The van der Waals surface area contributed by atoms with E-state index in [1.54, 1.807) is 0 Å². The normalized spacial score (nSPS) is 10.4. The predicted molar refractivity (Wildman–Crippen MR) is 101 cm³/mol. The van der Waals surface area contributed by atoms with E-state index in [0.717, 1.165) is 11.6 Å². The predicted octanol–water partition coefficient (Wildman–Crippen LogP) is 3.72. The SMILES string of the molecule is O=C(NCCc1ccccc1)c1ccnc(C(=O)Nc2ccc(F)c(F)c2F)c1. The fourth-order valence-electron chi connectivity index (χ4n) is 2.57. The summed E-state index contributed by atoms with van der Waals surface area (Å²) >= 11 is 0. The van der Waals surface area contributed by atoms with Crippen LogP contribution >= 0.6 is 0 Å². The number of carbonyl (C=O) groups excluding carboxylic acids is 2. The van der Waals surface area contributed by atoms with Crippen LogP contribution in [0.25, 0.3) is 0 Å². The van der Waals surface area contributed by atoms with Gasteiger partial charge in [-0.25, -0.2) is 13.2 Å². The largest absolute Gasteiger partial charge is 0.352 e. The zero-order valence-corrected chi connectivity index (χ0v) is 15.1. The molecule has 0 spiro atoms. The van der Waals surface area contributed by atoms with Gasteiger partial charge in [0.2, 0.25) is 0 Å². The topological polar surface area (TPSA) is 71.1 Å². The zero-order valence-electron chi connectivity index (χ0n) is 15.1. The van der Waals surface area contributed by atoms with Gasteiger partial charge in [0.25, 0.3) is 11.8 Å². The summed E-state index contributed by atoms with van der Waals surface area (Å²) in [6, 6.07) is 13.8. The van der Waals surface area contributed by atoms with Gasteiger partial charge in [-0.15, -0.1) is 0 Å². The third-order valence-corrected chi connectivity index (χ3v) is 4.08. The summed E-state index contributed by atoms with van der Waals surface area (Å²) in [5.41, 5.74) is 0.540. The number of nitrogens with one attached hydrogen (secondary N) is 2. The summed E-state index contributed by atoms with van der Waals surface area (Å²) in [5, 5.41) is 4.85. The molecule has 0 saturated carbocycles. The van der Waals surface area contributed by atoms with Gasteiger partial charge in [0.1, 0.15) is 5.69 Å². The van der Waals surface area contributed by atoms with Gasteiger partial charge in [0.15, 0.2) is 17.5 Å². The molecule has 0 fully saturated rings. The standard InChI is InChI=1S/C21H16F3N3O2/c22-15-6-7-16(19(24)18(15)23)27-21(29)17-12-14(9-11-25-17)20(28)26-10-8-13-4-2-1-3-5-13/h1-7,9,11-12H,8,10H2,(H,26,28)(H,27,29). The highest BCUT2D eigenvalue weighted by atomic mass is 19.2. The third-order valence-electron chi connectivity index (χ3n) is 4.08. The molecule has 0 aliphatic rings. The van der Waals surface area contributed by atoms with Crippen LogP contribution < -0.4 is 10.6 Å². The summed E-state index contributed by atoms with van der Waals surface area (Å²) < 4.78 is 40.0. The lowest BCUT2D eigenvalue weighted by atomic mass is 10.1. The molecular weight excluding hydrogens is 383 g/mol. The van der Waals surface area contributed by atoms with Crippen molar-refractivity contribution in [3.63, 3.8) is 0 Å². The molecule has 2 N–H and O–H groups in total. The van der Waals surface area contributed by atoms with E-state index < -0.39 is 35.0 Å². The van der Waals surface area contributed by atoms with E-state index in [2.05, 4.69) is 15.6 Å². The van der Waals surface area contributed by atoms with Crippen molar-refractivity contribution in [2.45, 2.75) is 6.42 Å². The lowest BCUT2D eigenvalue weighted by molar-refractivity contribution is 0.0954. The first-order valence-corrected chi connectivity index (χ1v) is 8.68. The average Bonchev–Trinajstić information content (AvgIpc) is 2.75. The summed E-state index contributed by atoms with van der Waals surface area (Å²) in [7, 11) is 0. The second-order valence-corrected chi connectivity index (χ2v) is 6.10. The minimum absolute atomic E-state index is 0.176. The number of nitrogens with zero attached hydrogens (tertiary/aromatic N) is 1. The number of pyridine rings is 1. The van der Waals surface area contributed by atoms with Gasteiger partial charge in [-0.3, -0.25) is 14.6 Å². The Bertz CT molecular complexity index is 1040. The molecule has 0 aliphatic carbocycles. The van der Waals surface area contributed by atoms with Crippen molar-refractivity contribution >= 4 is 17.5 Å². The Morgan fingerprint density at radius 3 is 2.41 bits per heavy atom. The summed E-state index contributed by atoms with van der Waals surface area (Å²) in [4.78, 5) is 28.4. The molecule has 0 radical (unpaired) electrons. The highest BCUT2D eigenvalue weighted by Crippen LogP contribution is 2.20. The smallest absolute Gasteiger partial charge is 0.274 e. The molecule has 0 bridgehead atoms. The van der Waals surface area contributed by atoms with Crippen LogP contribution in [0.15, 0.2) is 60.8 Å². The van der Waals surface area contributed by atoms with E-state index in [1.807, 2.05) is 30.3 Å². The maximum atomic E-state index is 13.7. The molecule has 1 aromatic heterocycles. The average molecular weight is 399 g/mol. The molecule has 148 valence electrons. The second kappa shape index (κ2) is 9.01. The number of hydrogen-bond acceptors (Lipinski definition) is 3. The van der Waals surface area contributed by atoms with Crippen molar-refractivity contribution in [1.82, 2.24) is 10.3 Å². The lowest BCUT2D eigenvalue weighted by Crippen LogP contribution is -2.26. The minimum atomic E-state index is -1.69. The quantitative estimate of drug-likeness (QED) is 0.621. The van der Waals surface area contributed by atoms with Gasteiger partial charge >= 0.3 is 0 Å². The molecule has 0 atom stereocenters. The first-order valence-electron chi connectivity index (χ1n) is 8.68. The maximum absolute atomic E-state index is 13.7. The Morgan fingerprint density at radius 2 is 1.66 bits per heavy atom. The number of hydrogen-bond donors (Lipinski definition) is 2. The monoisotopic (exact) mass is 399 g/mol. The first-order chi connectivity index (χ1) is 14.0. The Balaban J connectivity index is 1.64. The minimum Gasteiger partial charge on any atom is -0.352 e. The lowest BCUT2D eigenvalue weighted by Gasteiger charge is -2.09. The number of benzene rings is 2. The van der Waals surface area contributed by atoms with Gasteiger partial charge in [0, 0.05) is 18.3 Å². The van der Waals surface area contributed by atoms with Gasteiger partial charge in [-0.2, -0.15) is 0 Å². The molecule has 3 aromatic rings. The van der Waals surface area contributed by atoms with Gasteiger partial charge < -0.3 is 10.6 Å². The molecule has 3 rings (SSSR count). The van der Waals surface area contributed by atoms with Crippen LogP contribution in [0, 0.1) is 17.5 Å². The molecule has 2 amide bonds. The Labute approximate surface area is 164 Å². The van der Waals surface area contributed by atoms with Crippen LogP contribution in [-0.4, -0.2) is 23.3 Å². The summed E-state index contributed by atoms with van der Waals surface area (Å²) in [6.45, 7) is 0.396. The molecule has 1 heterocycles. The van der Waals surface area contributed by atoms with Crippen molar-refractivity contribution in [3.05, 3.63) is 95.1 Å². The van der Waals surface area contributed by atoms with Gasteiger partial charge in [-0.05, 0) is 36.2 Å². The molecule has 29 heavy (non-hydrogen) atoms. The van der Waals surface area contributed by atoms with Crippen LogP contribution in [0.3, 0.4) is 0 Å². The van der Waals surface area contributed by atoms with E-state index >= 15 is 0 Å². The van der Waals surface area contributed by atoms with E-state index in [0.29, 0.717) is 19.0 Å². The number of rotatable bonds is 6. The van der Waals surface area contributed by atoms with Crippen molar-refractivity contribution < 1.29 is 22.8 Å². The molecule has 8 heteroatoms. The van der Waals surface area contributed by atoms with E-state index in [9.17, 15) is 22.8 Å². The molecule has 5 nitrogen and oxygen atoms in total. The van der Waals surface area contributed by atoms with Crippen LogP contribution in [0.5, 0.6) is 0 Å². The van der Waals surface area contributed by atoms with Crippen LogP contribution in [0.4, 0.5) is 18.9 Å². The number of aromatic nitrogens is 1. The van der Waals surface area contributed by atoms with Crippen molar-refractivity contribution in [1.29, 1.82) is 0 Å². The number of carbonyl (C=O) groups is 2. The fraction of sp³-hybridized carbons (Fsp3) is 0.0952. The van der Waals surface area contributed by atoms with Crippen LogP contribution in [-0.2, 0) is 6.42 Å². The number of halogens is 3. The third kappa shape index (κ3) is 4.98. The van der Waals surface area contributed by atoms with Crippen molar-refractivity contribution in [2.75, 3.05) is 11.9 Å².